The number of ketones is 1. The Hall–Kier alpha value is -2.57. The second-order valence-corrected chi connectivity index (χ2v) is 6.47. The van der Waals surface area contributed by atoms with Gasteiger partial charge >= 0.3 is 5.97 Å². The fourth-order valence-electron chi connectivity index (χ4n) is 2.05. The van der Waals surface area contributed by atoms with Gasteiger partial charge in [0.25, 0.3) is 5.91 Å². The Labute approximate surface area is 166 Å². The van der Waals surface area contributed by atoms with Crippen LogP contribution in [0.5, 0.6) is 5.75 Å². The number of carbonyl (C=O) groups is 3. The van der Waals surface area contributed by atoms with E-state index in [-0.39, 0.29) is 16.6 Å². The van der Waals surface area contributed by atoms with Crippen molar-refractivity contribution in [2.75, 3.05) is 11.9 Å². The lowest BCUT2D eigenvalue weighted by atomic mass is 10.1. The Kier molecular flexibility index (Phi) is 7.21. The van der Waals surface area contributed by atoms with Gasteiger partial charge in [0.1, 0.15) is 5.75 Å². The second-order valence-electron chi connectivity index (χ2n) is 5.62. The van der Waals surface area contributed by atoms with Crippen LogP contribution in [0.4, 0.5) is 5.69 Å². The summed E-state index contributed by atoms with van der Waals surface area (Å²) in [4.78, 5) is 35.1. The molecule has 1 atom stereocenters. The fraction of sp³-hybridized carbons (Fsp3) is 0.211. The molecule has 142 valence electrons. The van der Waals surface area contributed by atoms with Crippen molar-refractivity contribution in [1.29, 1.82) is 0 Å². The summed E-state index contributed by atoms with van der Waals surface area (Å²) in [6.45, 7) is 2.45. The van der Waals surface area contributed by atoms with Crippen LogP contribution in [0.3, 0.4) is 0 Å². The van der Waals surface area contributed by atoms with Gasteiger partial charge in [-0.25, -0.2) is 4.79 Å². The van der Waals surface area contributed by atoms with Gasteiger partial charge in [-0.3, -0.25) is 9.59 Å². The molecule has 2 aromatic carbocycles. The zero-order valence-corrected chi connectivity index (χ0v) is 16.1. The maximum atomic E-state index is 12.0. The number of carbonyl (C=O) groups excluding carboxylic acids is 3. The van der Waals surface area contributed by atoms with Gasteiger partial charge in [0, 0.05) is 16.3 Å². The van der Waals surface area contributed by atoms with E-state index in [1.165, 1.54) is 26.0 Å². The first-order chi connectivity index (χ1) is 12.8. The molecule has 0 aliphatic carbocycles. The third-order valence-electron chi connectivity index (χ3n) is 3.45. The topological polar surface area (TPSA) is 81.7 Å². The number of halogens is 2. The third kappa shape index (κ3) is 6.27. The molecule has 8 heteroatoms. The molecule has 1 N–H and O–H groups in total. The summed E-state index contributed by atoms with van der Waals surface area (Å²) in [6.07, 6.45) is -0.966. The molecule has 0 unspecified atom stereocenters. The largest absolute Gasteiger partial charge is 0.477 e. The van der Waals surface area contributed by atoms with Gasteiger partial charge in [-0.2, -0.15) is 0 Å². The van der Waals surface area contributed by atoms with Crippen LogP contribution in [-0.4, -0.2) is 30.4 Å². The van der Waals surface area contributed by atoms with Crippen LogP contribution >= 0.6 is 23.2 Å². The number of rotatable bonds is 7. The molecule has 1 amide bonds. The molecule has 0 aromatic heterocycles. The molecule has 0 aliphatic heterocycles. The summed E-state index contributed by atoms with van der Waals surface area (Å²) in [5.41, 5.74) is 1.02. The third-order valence-corrected chi connectivity index (χ3v) is 3.98. The normalized spacial score (nSPS) is 11.4. The van der Waals surface area contributed by atoms with E-state index < -0.39 is 24.6 Å². The van der Waals surface area contributed by atoms with Crippen molar-refractivity contribution in [1.82, 2.24) is 0 Å². The van der Waals surface area contributed by atoms with E-state index in [0.717, 1.165) is 0 Å². The van der Waals surface area contributed by atoms with Crippen molar-refractivity contribution in [3.05, 3.63) is 58.1 Å². The zero-order valence-electron chi connectivity index (χ0n) is 14.6. The molecular weight excluding hydrogens is 393 g/mol. The van der Waals surface area contributed by atoms with Gasteiger partial charge in [0.2, 0.25) is 0 Å². The van der Waals surface area contributed by atoms with E-state index in [9.17, 15) is 14.4 Å². The molecular formula is C19H17Cl2NO5. The van der Waals surface area contributed by atoms with Crippen LogP contribution in [0.25, 0.3) is 0 Å². The monoisotopic (exact) mass is 409 g/mol. The molecule has 0 saturated carbocycles. The van der Waals surface area contributed by atoms with Crippen LogP contribution in [-0.2, 0) is 14.3 Å². The first-order valence-corrected chi connectivity index (χ1v) is 8.71. The van der Waals surface area contributed by atoms with E-state index >= 15 is 0 Å². The zero-order chi connectivity index (χ0) is 20.0. The van der Waals surface area contributed by atoms with E-state index in [1.807, 2.05) is 0 Å². The summed E-state index contributed by atoms with van der Waals surface area (Å²) < 4.78 is 10.4. The highest BCUT2D eigenvalue weighted by Crippen LogP contribution is 2.28. The lowest BCUT2D eigenvalue weighted by Gasteiger charge is -2.15. The highest BCUT2D eigenvalue weighted by Gasteiger charge is 2.19. The molecule has 2 rings (SSSR count). The quantitative estimate of drug-likeness (QED) is 0.548. The van der Waals surface area contributed by atoms with E-state index in [0.29, 0.717) is 16.3 Å². The predicted octanol–water partition coefficient (Wildman–Crippen LogP) is 4.15. The maximum Gasteiger partial charge on any atom is 0.347 e. The predicted molar refractivity (Wildman–Crippen MR) is 103 cm³/mol. The minimum atomic E-state index is -0.966. The average Bonchev–Trinajstić information content (AvgIpc) is 2.62. The second kappa shape index (κ2) is 9.39. The van der Waals surface area contributed by atoms with Gasteiger partial charge < -0.3 is 14.8 Å². The first kappa shape index (κ1) is 20.7. The Bertz CT molecular complexity index is 852. The number of ether oxygens (including phenoxy) is 2. The Morgan fingerprint density at radius 3 is 2.33 bits per heavy atom. The smallest absolute Gasteiger partial charge is 0.347 e. The van der Waals surface area contributed by atoms with Gasteiger partial charge in [-0.05, 0) is 56.3 Å². The molecule has 0 radical (unpaired) electrons. The minimum absolute atomic E-state index is 0.0726. The molecule has 6 nitrogen and oxygen atoms in total. The maximum absolute atomic E-state index is 12.0. The lowest BCUT2D eigenvalue weighted by Crippen LogP contribution is -2.29. The van der Waals surface area contributed by atoms with Crippen molar-refractivity contribution in [3.63, 3.8) is 0 Å². The molecule has 0 aliphatic rings. The van der Waals surface area contributed by atoms with Crippen molar-refractivity contribution >= 4 is 46.5 Å². The SMILES string of the molecule is CC(=O)c1ccc(NC(=O)COC(=O)[C@@H](C)Oc2ccc(Cl)cc2Cl)cc1. The first-order valence-electron chi connectivity index (χ1n) is 7.95. The number of anilines is 1. The van der Waals surface area contributed by atoms with Gasteiger partial charge in [-0.1, -0.05) is 23.2 Å². The van der Waals surface area contributed by atoms with Gasteiger partial charge in [-0.15, -0.1) is 0 Å². The summed E-state index contributed by atoms with van der Waals surface area (Å²) in [7, 11) is 0. The number of hydrogen-bond acceptors (Lipinski definition) is 5. The van der Waals surface area contributed by atoms with Crippen molar-refractivity contribution in [2.24, 2.45) is 0 Å². The number of benzene rings is 2. The molecule has 0 spiro atoms. The van der Waals surface area contributed by atoms with Crippen molar-refractivity contribution in [2.45, 2.75) is 20.0 Å². The number of amides is 1. The number of hydrogen-bond donors (Lipinski definition) is 1. The van der Waals surface area contributed by atoms with Crippen LogP contribution in [0.1, 0.15) is 24.2 Å². The van der Waals surface area contributed by atoms with Crippen LogP contribution < -0.4 is 10.1 Å². The van der Waals surface area contributed by atoms with Crippen LogP contribution in [0.2, 0.25) is 10.0 Å². The summed E-state index contributed by atoms with van der Waals surface area (Å²) in [5.74, 6) is -1.03. The summed E-state index contributed by atoms with van der Waals surface area (Å²) in [6, 6.07) is 11.0. The van der Waals surface area contributed by atoms with E-state index in [2.05, 4.69) is 5.32 Å². The number of Topliss-reactive ketones (excluding diaryl/α,β-unsaturated/α-hetero) is 1. The van der Waals surface area contributed by atoms with E-state index in [4.69, 9.17) is 32.7 Å². The Morgan fingerprint density at radius 2 is 1.74 bits per heavy atom. The van der Waals surface area contributed by atoms with Crippen LogP contribution in [0, 0.1) is 0 Å². The molecule has 0 fully saturated rings. The number of nitrogens with one attached hydrogen (secondary N) is 1. The molecule has 0 heterocycles. The standard InChI is InChI=1S/C19H17Cl2NO5/c1-11(23)13-3-6-15(7-4-13)22-18(24)10-26-19(25)12(2)27-17-8-5-14(20)9-16(17)21/h3-9,12H,10H2,1-2H3,(H,22,24)/t12-/m1/s1. The highest BCUT2D eigenvalue weighted by atomic mass is 35.5. The van der Waals surface area contributed by atoms with E-state index in [1.54, 1.807) is 30.3 Å². The minimum Gasteiger partial charge on any atom is -0.477 e. The molecule has 2 aromatic rings. The summed E-state index contributed by atoms with van der Waals surface area (Å²) in [5, 5.41) is 3.26. The van der Waals surface area contributed by atoms with Crippen LogP contribution in [0.15, 0.2) is 42.5 Å². The molecule has 0 bridgehead atoms. The number of esters is 1. The fourth-order valence-corrected chi connectivity index (χ4v) is 2.50. The van der Waals surface area contributed by atoms with Gasteiger partial charge in [0.05, 0.1) is 5.02 Å². The Balaban J connectivity index is 1.83. The van der Waals surface area contributed by atoms with Crippen molar-refractivity contribution in [3.8, 4) is 5.75 Å². The molecule has 0 saturated heterocycles. The Morgan fingerprint density at radius 1 is 1.07 bits per heavy atom. The lowest BCUT2D eigenvalue weighted by molar-refractivity contribution is -0.153. The van der Waals surface area contributed by atoms with Crippen molar-refractivity contribution < 1.29 is 23.9 Å². The highest BCUT2D eigenvalue weighted by molar-refractivity contribution is 6.35. The van der Waals surface area contributed by atoms with Gasteiger partial charge in [0.15, 0.2) is 18.5 Å². The summed E-state index contributed by atoms with van der Waals surface area (Å²) >= 11 is 11.8. The molecule has 27 heavy (non-hydrogen) atoms. The average molecular weight is 410 g/mol.